The molecule has 1 fully saturated rings. The van der Waals surface area contributed by atoms with Crippen LogP contribution < -0.4 is 10.1 Å². The molecule has 0 bridgehead atoms. The summed E-state index contributed by atoms with van der Waals surface area (Å²) in [7, 11) is 3.42. The Morgan fingerprint density at radius 2 is 1.62 bits per heavy atom. The molecular formula is C31H24N2O4. The number of likely N-dealkylation sites (tertiary alicyclic amines) is 1. The van der Waals surface area contributed by atoms with Crippen molar-refractivity contribution in [2.75, 3.05) is 26.0 Å². The van der Waals surface area contributed by atoms with Gasteiger partial charge in [0.25, 0.3) is 5.91 Å². The zero-order chi connectivity index (χ0) is 25.5. The van der Waals surface area contributed by atoms with Gasteiger partial charge in [-0.3, -0.25) is 19.3 Å². The Bertz CT molecular complexity index is 1650. The van der Waals surface area contributed by atoms with Crippen molar-refractivity contribution < 1.29 is 19.1 Å². The molecule has 3 aliphatic rings. The molecule has 2 aliphatic heterocycles. The van der Waals surface area contributed by atoms with Gasteiger partial charge in [-0.25, -0.2) is 0 Å². The van der Waals surface area contributed by atoms with E-state index < -0.39 is 16.9 Å². The summed E-state index contributed by atoms with van der Waals surface area (Å²) in [5.41, 5.74) is 0.386. The lowest BCUT2D eigenvalue weighted by atomic mass is 9.57. The summed E-state index contributed by atoms with van der Waals surface area (Å²) < 4.78 is 5.29. The number of anilines is 1. The lowest BCUT2D eigenvalue weighted by Gasteiger charge is -2.43. The Kier molecular flexibility index (Phi) is 4.37. The van der Waals surface area contributed by atoms with Gasteiger partial charge in [0.1, 0.15) is 16.7 Å². The van der Waals surface area contributed by atoms with Crippen LogP contribution in [0.5, 0.6) is 5.75 Å². The van der Waals surface area contributed by atoms with E-state index in [2.05, 4.69) is 5.32 Å². The van der Waals surface area contributed by atoms with E-state index in [0.29, 0.717) is 22.6 Å². The predicted octanol–water partition coefficient (Wildman–Crippen LogP) is 4.57. The summed E-state index contributed by atoms with van der Waals surface area (Å²) in [6.45, 7) is 0.253. The van der Waals surface area contributed by atoms with Crippen LogP contribution in [-0.2, 0) is 15.7 Å². The maximum atomic E-state index is 14.8. The summed E-state index contributed by atoms with van der Waals surface area (Å²) in [5, 5.41) is 4.80. The van der Waals surface area contributed by atoms with Crippen molar-refractivity contribution in [3.63, 3.8) is 0 Å². The number of Topliss-reactive ketones (excluding diaryl/α,β-unsaturated/α-hetero) is 2. The number of benzene rings is 4. The quantitative estimate of drug-likeness (QED) is 0.428. The van der Waals surface area contributed by atoms with Crippen molar-refractivity contribution in [3.8, 4) is 5.75 Å². The van der Waals surface area contributed by atoms with Crippen molar-refractivity contribution in [1.29, 1.82) is 0 Å². The van der Waals surface area contributed by atoms with Crippen LogP contribution in [-0.4, -0.2) is 43.1 Å². The van der Waals surface area contributed by atoms with E-state index in [-0.39, 0.29) is 24.0 Å². The fourth-order valence-corrected chi connectivity index (χ4v) is 7.25. The summed E-state index contributed by atoms with van der Waals surface area (Å²) in [4.78, 5) is 45.3. The SMILES string of the molecule is COc1ccc(C(=O)[C@@H]2CN(C)[C@]3(C(=O)Nc4ccccc43)[C@@]23C(=O)c2cccc4cccc3c24)cc1. The van der Waals surface area contributed by atoms with Crippen LogP contribution in [0.3, 0.4) is 0 Å². The van der Waals surface area contributed by atoms with Gasteiger partial charge >= 0.3 is 0 Å². The molecule has 182 valence electrons. The third kappa shape index (κ3) is 2.41. The standard InChI is InChI=1S/C31H24N2O4/c1-33-17-24(27(34)19-13-15-20(37-2)16-14-19)30(31(33)22-10-3-4-12-25(22)32-29(31)36)23-11-6-8-18-7-5-9-21(26(18)23)28(30)35/h3-16,24H,17H2,1-2H3,(H,32,36)/t24-,30+,31+/m0/s1. The molecule has 0 aromatic heterocycles. The second-order valence-corrected chi connectivity index (χ2v) is 10.1. The van der Waals surface area contributed by atoms with Crippen molar-refractivity contribution in [3.05, 3.63) is 107 Å². The molecule has 2 spiro atoms. The zero-order valence-electron chi connectivity index (χ0n) is 20.4. The Morgan fingerprint density at radius 1 is 0.919 bits per heavy atom. The molecule has 7 rings (SSSR count). The maximum absolute atomic E-state index is 14.8. The second-order valence-electron chi connectivity index (χ2n) is 10.1. The maximum Gasteiger partial charge on any atom is 0.251 e. The normalized spacial score (nSPS) is 25.7. The number of hydrogen-bond acceptors (Lipinski definition) is 5. The lowest BCUT2D eigenvalue weighted by Crippen LogP contribution is -2.61. The minimum atomic E-state index is -1.43. The molecule has 2 heterocycles. The first-order valence-electron chi connectivity index (χ1n) is 12.3. The number of amides is 1. The summed E-state index contributed by atoms with van der Waals surface area (Å²) in [5.74, 6) is -0.763. The van der Waals surface area contributed by atoms with Crippen LogP contribution >= 0.6 is 0 Å². The molecule has 1 N–H and O–H groups in total. The van der Waals surface area contributed by atoms with Crippen molar-refractivity contribution >= 4 is 33.9 Å². The van der Waals surface area contributed by atoms with Gasteiger partial charge in [-0.05, 0) is 53.7 Å². The molecule has 3 atom stereocenters. The third-order valence-corrected chi connectivity index (χ3v) is 8.64. The Hall–Kier alpha value is -4.29. The fourth-order valence-electron chi connectivity index (χ4n) is 7.25. The molecule has 0 saturated carbocycles. The molecule has 1 amide bonds. The Balaban J connectivity index is 1.57. The van der Waals surface area contributed by atoms with Gasteiger partial charge in [-0.1, -0.05) is 54.6 Å². The number of carbonyl (C=O) groups is 3. The van der Waals surface area contributed by atoms with Crippen LogP contribution in [0, 0.1) is 5.92 Å². The number of nitrogens with zero attached hydrogens (tertiary/aromatic N) is 1. The van der Waals surface area contributed by atoms with Gasteiger partial charge in [0.05, 0.1) is 13.0 Å². The topological polar surface area (TPSA) is 75.7 Å². The summed E-state index contributed by atoms with van der Waals surface area (Å²) in [6, 6.07) is 26.0. The van der Waals surface area contributed by atoms with Gasteiger partial charge in [-0.15, -0.1) is 0 Å². The minimum absolute atomic E-state index is 0.165. The number of likely N-dealkylation sites (N-methyl/N-ethyl adjacent to an activating group) is 1. The van der Waals surface area contributed by atoms with Crippen LogP contribution in [0.4, 0.5) is 5.69 Å². The van der Waals surface area contributed by atoms with Gasteiger partial charge in [-0.2, -0.15) is 0 Å². The summed E-state index contributed by atoms with van der Waals surface area (Å²) in [6.07, 6.45) is 0. The number of hydrogen-bond donors (Lipinski definition) is 1. The largest absolute Gasteiger partial charge is 0.497 e. The molecule has 6 heteroatoms. The molecule has 0 unspecified atom stereocenters. The molecule has 37 heavy (non-hydrogen) atoms. The molecule has 6 nitrogen and oxygen atoms in total. The monoisotopic (exact) mass is 488 g/mol. The van der Waals surface area contributed by atoms with Crippen molar-refractivity contribution in [2.45, 2.75) is 11.0 Å². The number of para-hydroxylation sites is 1. The number of ketones is 2. The Morgan fingerprint density at radius 3 is 2.38 bits per heavy atom. The van der Waals surface area contributed by atoms with E-state index in [4.69, 9.17) is 4.74 Å². The minimum Gasteiger partial charge on any atom is -0.497 e. The highest BCUT2D eigenvalue weighted by atomic mass is 16.5. The second kappa shape index (κ2) is 7.37. The average molecular weight is 489 g/mol. The van der Waals surface area contributed by atoms with Gasteiger partial charge in [0.15, 0.2) is 11.6 Å². The predicted molar refractivity (Wildman–Crippen MR) is 140 cm³/mol. The number of rotatable bonds is 3. The van der Waals surface area contributed by atoms with E-state index in [1.807, 2.05) is 72.6 Å². The Labute approximate surface area is 213 Å². The van der Waals surface area contributed by atoms with Gasteiger partial charge in [0.2, 0.25) is 0 Å². The fraction of sp³-hybridized carbons (Fsp3) is 0.194. The molecular weight excluding hydrogens is 464 g/mol. The molecule has 0 radical (unpaired) electrons. The smallest absolute Gasteiger partial charge is 0.251 e. The first-order chi connectivity index (χ1) is 18.0. The molecule has 4 aromatic rings. The average Bonchev–Trinajstić information content (AvgIpc) is 3.49. The zero-order valence-corrected chi connectivity index (χ0v) is 20.4. The third-order valence-electron chi connectivity index (χ3n) is 8.64. The number of fused-ring (bicyclic) bond motifs is 4. The first kappa shape index (κ1) is 21.9. The van der Waals surface area contributed by atoms with E-state index in [0.717, 1.165) is 21.9 Å². The van der Waals surface area contributed by atoms with Crippen LogP contribution in [0.2, 0.25) is 0 Å². The molecule has 1 saturated heterocycles. The highest BCUT2D eigenvalue weighted by Gasteiger charge is 2.77. The van der Waals surface area contributed by atoms with Gasteiger partial charge < -0.3 is 10.1 Å². The van der Waals surface area contributed by atoms with E-state index in [1.54, 1.807) is 31.4 Å². The summed E-state index contributed by atoms with van der Waals surface area (Å²) >= 11 is 0. The number of ether oxygens (including phenoxy) is 1. The highest BCUT2D eigenvalue weighted by Crippen LogP contribution is 2.65. The van der Waals surface area contributed by atoms with Gasteiger partial charge in [0, 0.05) is 28.9 Å². The van der Waals surface area contributed by atoms with Crippen LogP contribution in [0.15, 0.2) is 84.9 Å². The molecule has 1 aliphatic carbocycles. The number of carbonyl (C=O) groups excluding carboxylic acids is 3. The van der Waals surface area contributed by atoms with Crippen molar-refractivity contribution in [1.82, 2.24) is 4.90 Å². The van der Waals surface area contributed by atoms with Crippen LogP contribution in [0.1, 0.15) is 31.8 Å². The van der Waals surface area contributed by atoms with Crippen molar-refractivity contribution in [2.24, 2.45) is 5.92 Å². The van der Waals surface area contributed by atoms with E-state index in [1.165, 1.54) is 0 Å². The lowest BCUT2D eigenvalue weighted by molar-refractivity contribution is -0.127. The van der Waals surface area contributed by atoms with Crippen LogP contribution in [0.25, 0.3) is 10.8 Å². The molecule has 4 aromatic carbocycles. The van der Waals surface area contributed by atoms with E-state index in [9.17, 15) is 14.4 Å². The number of nitrogens with one attached hydrogen (secondary N) is 1. The van der Waals surface area contributed by atoms with E-state index >= 15 is 0 Å². The highest BCUT2D eigenvalue weighted by molar-refractivity contribution is 6.27. The first-order valence-corrected chi connectivity index (χ1v) is 12.3. The number of methoxy groups -OCH3 is 1.